The molecule has 0 saturated heterocycles. The summed E-state index contributed by atoms with van der Waals surface area (Å²) < 4.78 is 5.19. The fourth-order valence-corrected chi connectivity index (χ4v) is 2.87. The lowest BCUT2D eigenvalue weighted by atomic mass is 10.1. The van der Waals surface area contributed by atoms with E-state index in [0.717, 1.165) is 32.1 Å². The lowest BCUT2D eigenvalue weighted by Crippen LogP contribution is -2.12. The second-order valence-corrected chi connectivity index (χ2v) is 6.81. The molecule has 0 saturated carbocycles. The molecule has 0 radical (unpaired) electrons. The minimum atomic E-state index is -1.12. The first kappa shape index (κ1) is 22.2. The number of hydrogen-bond acceptors (Lipinski definition) is 4. The Morgan fingerprint density at radius 1 is 0.885 bits per heavy atom. The van der Waals surface area contributed by atoms with Crippen LogP contribution in [0.15, 0.2) is 24.3 Å². The van der Waals surface area contributed by atoms with Crippen LogP contribution in [0.1, 0.15) is 91.8 Å². The van der Waals surface area contributed by atoms with Gasteiger partial charge in [0.05, 0.1) is 23.8 Å². The third-order valence-corrected chi connectivity index (χ3v) is 4.38. The molecule has 0 bridgehead atoms. The van der Waals surface area contributed by atoms with E-state index in [0.29, 0.717) is 6.61 Å². The van der Waals surface area contributed by atoms with Gasteiger partial charge in [-0.2, -0.15) is 0 Å². The summed E-state index contributed by atoms with van der Waals surface area (Å²) in [6, 6.07) is 6.11. The van der Waals surface area contributed by atoms with Crippen LogP contribution >= 0.6 is 0 Å². The van der Waals surface area contributed by atoms with Crippen LogP contribution in [-0.4, -0.2) is 34.9 Å². The maximum absolute atomic E-state index is 12.0. The minimum absolute atomic E-state index is 0.0223. The van der Waals surface area contributed by atoms with Gasteiger partial charge in [-0.1, -0.05) is 63.5 Å². The van der Waals surface area contributed by atoms with E-state index >= 15 is 0 Å². The van der Waals surface area contributed by atoms with Crippen molar-refractivity contribution in [1.29, 1.82) is 0 Å². The van der Waals surface area contributed by atoms with Gasteiger partial charge in [-0.25, -0.2) is 9.59 Å². The van der Waals surface area contributed by atoms with Gasteiger partial charge in [0.15, 0.2) is 0 Å². The molecular weight excluding hydrogens is 332 g/mol. The van der Waals surface area contributed by atoms with Gasteiger partial charge in [0.2, 0.25) is 0 Å². The number of carboxylic acids is 1. The van der Waals surface area contributed by atoms with Crippen LogP contribution in [0.2, 0.25) is 0 Å². The molecule has 1 aromatic carbocycles. The van der Waals surface area contributed by atoms with Crippen molar-refractivity contribution in [2.24, 2.45) is 0 Å². The Hall–Kier alpha value is -1.88. The quantitative estimate of drug-likeness (QED) is 0.365. The Bertz CT molecular complexity index is 539. The molecule has 26 heavy (non-hydrogen) atoms. The molecule has 0 aliphatic carbocycles. The number of hydrogen-bond donors (Lipinski definition) is 2. The fourth-order valence-electron chi connectivity index (χ4n) is 2.87. The highest BCUT2D eigenvalue weighted by Gasteiger charge is 2.16. The van der Waals surface area contributed by atoms with Gasteiger partial charge >= 0.3 is 11.9 Å². The Labute approximate surface area is 156 Å². The molecule has 146 valence electrons. The number of benzene rings is 1. The predicted molar refractivity (Wildman–Crippen MR) is 102 cm³/mol. The van der Waals surface area contributed by atoms with Gasteiger partial charge in [-0.3, -0.25) is 0 Å². The van der Waals surface area contributed by atoms with Crippen molar-refractivity contribution in [2.75, 3.05) is 6.61 Å². The van der Waals surface area contributed by atoms with Gasteiger partial charge in [-0.15, -0.1) is 0 Å². The topological polar surface area (TPSA) is 83.8 Å². The second kappa shape index (κ2) is 13.3. The average molecular weight is 364 g/mol. The number of carbonyl (C=O) groups is 2. The van der Waals surface area contributed by atoms with Crippen LogP contribution in [0.5, 0.6) is 0 Å². The number of aliphatic hydroxyl groups is 1. The molecule has 1 unspecified atom stereocenters. The van der Waals surface area contributed by atoms with Crippen LogP contribution in [0.3, 0.4) is 0 Å². The first-order valence-corrected chi connectivity index (χ1v) is 9.70. The molecule has 0 spiro atoms. The van der Waals surface area contributed by atoms with Gasteiger partial charge in [0, 0.05) is 0 Å². The number of carbonyl (C=O) groups excluding carboxylic acids is 1. The molecule has 1 atom stereocenters. The van der Waals surface area contributed by atoms with E-state index in [1.165, 1.54) is 44.2 Å². The van der Waals surface area contributed by atoms with Crippen molar-refractivity contribution < 1.29 is 24.5 Å². The van der Waals surface area contributed by atoms with Crippen LogP contribution in [-0.2, 0) is 4.74 Å². The molecule has 2 N–H and O–H groups in total. The summed E-state index contributed by atoms with van der Waals surface area (Å²) in [6.45, 7) is 2.16. The van der Waals surface area contributed by atoms with E-state index in [1.54, 1.807) is 12.1 Å². The van der Waals surface area contributed by atoms with Gasteiger partial charge in [0.25, 0.3) is 0 Å². The van der Waals surface area contributed by atoms with Gasteiger partial charge < -0.3 is 14.9 Å². The normalized spacial score (nSPS) is 11.9. The zero-order chi connectivity index (χ0) is 19.2. The summed E-state index contributed by atoms with van der Waals surface area (Å²) in [7, 11) is 0. The van der Waals surface area contributed by atoms with Crippen molar-refractivity contribution in [3.8, 4) is 0 Å². The molecule has 5 nitrogen and oxygen atoms in total. The number of ether oxygens (including phenoxy) is 1. The van der Waals surface area contributed by atoms with E-state index in [2.05, 4.69) is 0 Å². The van der Waals surface area contributed by atoms with Crippen molar-refractivity contribution in [1.82, 2.24) is 0 Å². The fraction of sp³-hybridized carbons (Fsp3) is 0.619. The van der Waals surface area contributed by atoms with E-state index < -0.39 is 11.9 Å². The number of unbranched alkanes of at least 4 members (excludes halogenated alkanes) is 8. The average Bonchev–Trinajstić information content (AvgIpc) is 2.62. The lowest BCUT2D eigenvalue weighted by Gasteiger charge is -2.07. The SMILES string of the molecule is CC(O)CCCCCCCCCCCOC(=O)c1ccccc1C(=O)O. The lowest BCUT2D eigenvalue weighted by molar-refractivity contribution is 0.0487. The highest BCUT2D eigenvalue weighted by molar-refractivity contribution is 6.02. The first-order valence-electron chi connectivity index (χ1n) is 9.70. The summed E-state index contributed by atoms with van der Waals surface area (Å²) in [4.78, 5) is 23.1. The summed E-state index contributed by atoms with van der Waals surface area (Å²) >= 11 is 0. The summed E-state index contributed by atoms with van der Waals surface area (Å²) in [5.41, 5.74) is 0.0848. The van der Waals surface area contributed by atoms with Crippen molar-refractivity contribution in [3.05, 3.63) is 35.4 Å². The Morgan fingerprint density at radius 3 is 1.92 bits per heavy atom. The number of esters is 1. The van der Waals surface area contributed by atoms with Crippen LogP contribution in [0.4, 0.5) is 0 Å². The van der Waals surface area contributed by atoms with Crippen LogP contribution < -0.4 is 0 Å². The number of aliphatic hydroxyl groups excluding tert-OH is 1. The first-order chi connectivity index (χ1) is 12.5. The second-order valence-electron chi connectivity index (χ2n) is 6.81. The maximum Gasteiger partial charge on any atom is 0.339 e. The van der Waals surface area contributed by atoms with Gasteiger partial charge in [-0.05, 0) is 31.9 Å². The standard InChI is InChI=1S/C21H32O5/c1-17(22)13-9-7-5-3-2-4-6-8-12-16-26-21(25)19-15-11-10-14-18(19)20(23)24/h10-11,14-15,17,22H,2-9,12-13,16H2,1H3,(H,23,24). The molecular formula is C21H32O5. The molecule has 0 fully saturated rings. The maximum atomic E-state index is 12.0. The molecule has 5 heteroatoms. The summed E-state index contributed by atoms with van der Waals surface area (Å²) in [5.74, 6) is -1.69. The van der Waals surface area contributed by atoms with Crippen LogP contribution in [0.25, 0.3) is 0 Å². The largest absolute Gasteiger partial charge is 0.478 e. The van der Waals surface area contributed by atoms with Crippen molar-refractivity contribution in [3.63, 3.8) is 0 Å². The zero-order valence-corrected chi connectivity index (χ0v) is 15.8. The highest BCUT2D eigenvalue weighted by Crippen LogP contribution is 2.13. The number of carboxylic acid groups (broad SMARTS) is 1. The number of rotatable bonds is 14. The van der Waals surface area contributed by atoms with E-state index in [1.807, 2.05) is 6.92 Å². The Morgan fingerprint density at radius 2 is 1.38 bits per heavy atom. The van der Waals surface area contributed by atoms with Crippen molar-refractivity contribution in [2.45, 2.75) is 77.2 Å². The minimum Gasteiger partial charge on any atom is -0.478 e. The zero-order valence-electron chi connectivity index (χ0n) is 15.8. The highest BCUT2D eigenvalue weighted by atomic mass is 16.5. The molecule has 0 heterocycles. The third-order valence-electron chi connectivity index (χ3n) is 4.38. The molecule has 0 aliphatic rings. The van der Waals surface area contributed by atoms with E-state index in [4.69, 9.17) is 9.84 Å². The monoisotopic (exact) mass is 364 g/mol. The molecule has 0 amide bonds. The van der Waals surface area contributed by atoms with E-state index in [-0.39, 0.29) is 17.2 Å². The van der Waals surface area contributed by atoms with Crippen molar-refractivity contribution >= 4 is 11.9 Å². The number of aromatic carboxylic acids is 1. The Balaban J connectivity index is 2.02. The molecule has 1 aromatic rings. The molecule has 0 aliphatic heterocycles. The smallest absolute Gasteiger partial charge is 0.339 e. The summed E-state index contributed by atoms with van der Waals surface area (Å²) in [5, 5.41) is 18.3. The van der Waals surface area contributed by atoms with E-state index in [9.17, 15) is 14.7 Å². The third kappa shape index (κ3) is 9.56. The van der Waals surface area contributed by atoms with Gasteiger partial charge in [0.1, 0.15) is 0 Å². The Kier molecular flexibility index (Phi) is 11.4. The predicted octanol–water partition coefficient (Wildman–Crippen LogP) is 4.82. The molecule has 1 rings (SSSR count). The summed E-state index contributed by atoms with van der Waals surface area (Å²) in [6.07, 6.45) is 10.8. The van der Waals surface area contributed by atoms with Crippen LogP contribution in [0, 0.1) is 0 Å². The molecule has 0 aromatic heterocycles.